The van der Waals surface area contributed by atoms with Gasteiger partial charge in [0.1, 0.15) is 5.82 Å². The zero-order valence-electron chi connectivity index (χ0n) is 17.6. The van der Waals surface area contributed by atoms with Crippen LogP contribution >= 0.6 is 23.2 Å². The molecule has 0 saturated carbocycles. The second kappa shape index (κ2) is 9.73. The summed E-state index contributed by atoms with van der Waals surface area (Å²) < 4.78 is 1.48. The van der Waals surface area contributed by atoms with Crippen molar-refractivity contribution in [3.8, 4) is 0 Å². The van der Waals surface area contributed by atoms with Crippen LogP contribution in [0, 0.1) is 0 Å². The maximum Gasteiger partial charge on any atom is 0.274 e. The molecule has 2 aromatic carbocycles. The topological polar surface area (TPSA) is 70.5 Å². The molecule has 0 bridgehead atoms. The molecule has 0 aliphatic carbocycles. The van der Waals surface area contributed by atoms with Gasteiger partial charge in [0.15, 0.2) is 5.69 Å². The number of carbonyl (C=O) groups is 2. The fourth-order valence-electron chi connectivity index (χ4n) is 3.66. The van der Waals surface area contributed by atoms with Gasteiger partial charge in [0.2, 0.25) is 0 Å². The summed E-state index contributed by atoms with van der Waals surface area (Å²) in [5.74, 6) is -0.0855. The van der Waals surface area contributed by atoms with E-state index in [-0.39, 0.29) is 11.8 Å². The highest BCUT2D eigenvalue weighted by molar-refractivity contribution is 6.34. The maximum atomic E-state index is 13.0. The molecule has 166 valence electrons. The van der Waals surface area contributed by atoms with Crippen LogP contribution in [0.5, 0.6) is 0 Å². The van der Waals surface area contributed by atoms with Gasteiger partial charge in [-0.3, -0.25) is 19.2 Å². The Morgan fingerprint density at radius 1 is 0.969 bits per heavy atom. The molecule has 4 rings (SSSR count). The van der Waals surface area contributed by atoms with Crippen molar-refractivity contribution in [2.75, 3.05) is 31.5 Å². The number of aromatic nitrogens is 2. The van der Waals surface area contributed by atoms with Gasteiger partial charge in [0, 0.05) is 50.9 Å². The zero-order valence-corrected chi connectivity index (χ0v) is 19.1. The predicted molar refractivity (Wildman–Crippen MR) is 125 cm³/mol. The molecule has 2 heterocycles. The lowest BCUT2D eigenvalue weighted by molar-refractivity contribution is 0.0622. The minimum atomic E-state index is -0.356. The lowest BCUT2D eigenvalue weighted by atomic mass is 10.2. The van der Waals surface area contributed by atoms with E-state index < -0.39 is 0 Å². The average Bonchev–Trinajstić information content (AvgIpc) is 3.15. The van der Waals surface area contributed by atoms with Gasteiger partial charge in [-0.25, -0.2) is 0 Å². The highest BCUT2D eigenvalue weighted by atomic mass is 35.5. The van der Waals surface area contributed by atoms with Gasteiger partial charge in [-0.15, -0.1) is 0 Å². The molecule has 1 aliphatic rings. The Balaban J connectivity index is 1.37. The van der Waals surface area contributed by atoms with Crippen LogP contribution in [0.1, 0.15) is 26.4 Å². The molecule has 1 aliphatic heterocycles. The number of carbonyl (C=O) groups excluding carboxylic acids is 2. The van der Waals surface area contributed by atoms with E-state index in [9.17, 15) is 9.59 Å². The Labute approximate surface area is 196 Å². The summed E-state index contributed by atoms with van der Waals surface area (Å²) in [5, 5.41) is 8.19. The van der Waals surface area contributed by atoms with Crippen LogP contribution in [0.15, 0.2) is 54.6 Å². The average molecular weight is 472 g/mol. The van der Waals surface area contributed by atoms with E-state index in [0.29, 0.717) is 35.2 Å². The number of amides is 2. The van der Waals surface area contributed by atoms with Crippen molar-refractivity contribution in [1.82, 2.24) is 19.6 Å². The molecule has 32 heavy (non-hydrogen) atoms. The van der Waals surface area contributed by atoms with Crippen LogP contribution in [-0.2, 0) is 13.6 Å². The fourth-order valence-corrected chi connectivity index (χ4v) is 4.07. The Hall–Kier alpha value is -2.87. The molecule has 0 radical (unpaired) electrons. The first-order valence-corrected chi connectivity index (χ1v) is 11.0. The van der Waals surface area contributed by atoms with Crippen LogP contribution in [0.2, 0.25) is 10.0 Å². The first-order valence-electron chi connectivity index (χ1n) is 10.3. The number of benzene rings is 2. The Morgan fingerprint density at radius 2 is 1.62 bits per heavy atom. The SMILES string of the molecule is Cn1nc(C(=O)N2CCN(Cc3ccccc3Cl)CC2)cc1NC(=O)c1ccccc1Cl. The molecule has 1 saturated heterocycles. The summed E-state index contributed by atoms with van der Waals surface area (Å²) in [6.07, 6.45) is 0. The van der Waals surface area contributed by atoms with Crippen LogP contribution < -0.4 is 5.32 Å². The van der Waals surface area contributed by atoms with E-state index in [1.54, 1.807) is 42.3 Å². The molecular formula is C23H23Cl2N5O2. The smallest absolute Gasteiger partial charge is 0.274 e. The number of aryl methyl sites for hydroxylation is 1. The summed E-state index contributed by atoms with van der Waals surface area (Å²) in [6.45, 7) is 3.45. The maximum absolute atomic E-state index is 13.0. The van der Waals surface area contributed by atoms with Crippen molar-refractivity contribution in [1.29, 1.82) is 0 Å². The first kappa shape index (κ1) is 22.3. The van der Waals surface area contributed by atoms with Gasteiger partial charge in [-0.05, 0) is 23.8 Å². The van der Waals surface area contributed by atoms with E-state index in [2.05, 4.69) is 15.3 Å². The van der Waals surface area contributed by atoms with Crippen molar-refractivity contribution in [3.63, 3.8) is 0 Å². The second-order valence-corrected chi connectivity index (χ2v) is 8.45. The fraction of sp³-hybridized carbons (Fsp3) is 0.261. The summed E-state index contributed by atoms with van der Waals surface area (Å²) in [6, 6.07) is 16.2. The molecule has 9 heteroatoms. The van der Waals surface area contributed by atoms with Crippen molar-refractivity contribution >= 4 is 40.8 Å². The largest absolute Gasteiger partial charge is 0.335 e. The van der Waals surface area contributed by atoms with E-state index in [0.717, 1.165) is 30.2 Å². The normalized spacial score (nSPS) is 14.4. The van der Waals surface area contributed by atoms with Crippen LogP contribution in [0.25, 0.3) is 0 Å². The second-order valence-electron chi connectivity index (χ2n) is 7.63. The van der Waals surface area contributed by atoms with Gasteiger partial charge in [-0.2, -0.15) is 5.10 Å². The monoisotopic (exact) mass is 471 g/mol. The molecule has 0 spiro atoms. The van der Waals surface area contributed by atoms with Gasteiger partial charge in [0.05, 0.1) is 10.6 Å². The summed E-state index contributed by atoms with van der Waals surface area (Å²) in [4.78, 5) is 29.6. The summed E-state index contributed by atoms with van der Waals surface area (Å²) in [5.41, 5.74) is 1.73. The standard InChI is InChI=1S/C23H23Cl2N5O2/c1-28-21(26-22(31)17-7-3-5-9-19(17)25)14-20(27-28)23(32)30-12-10-29(11-13-30)15-16-6-2-4-8-18(16)24/h2-9,14H,10-13,15H2,1H3,(H,26,31). The molecule has 1 N–H and O–H groups in total. The van der Waals surface area contributed by atoms with E-state index in [4.69, 9.17) is 23.2 Å². The lowest BCUT2D eigenvalue weighted by Crippen LogP contribution is -2.48. The number of nitrogens with one attached hydrogen (secondary N) is 1. The zero-order chi connectivity index (χ0) is 22.7. The van der Waals surface area contributed by atoms with Gasteiger partial charge >= 0.3 is 0 Å². The number of hydrogen-bond acceptors (Lipinski definition) is 4. The molecule has 1 aromatic heterocycles. The minimum Gasteiger partial charge on any atom is -0.335 e. The number of anilines is 1. The van der Waals surface area contributed by atoms with Crippen molar-refractivity contribution in [3.05, 3.63) is 81.5 Å². The van der Waals surface area contributed by atoms with Gasteiger partial charge < -0.3 is 10.2 Å². The lowest BCUT2D eigenvalue weighted by Gasteiger charge is -2.34. The summed E-state index contributed by atoms with van der Waals surface area (Å²) >= 11 is 12.4. The number of halogens is 2. The van der Waals surface area contributed by atoms with E-state index in [1.165, 1.54) is 4.68 Å². The predicted octanol–water partition coefficient (Wildman–Crippen LogP) is 3.94. The summed E-state index contributed by atoms with van der Waals surface area (Å²) in [7, 11) is 1.68. The van der Waals surface area contributed by atoms with Crippen molar-refractivity contribution < 1.29 is 9.59 Å². The third kappa shape index (κ3) is 4.96. The van der Waals surface area contributed by atoms with Crippen molar-refractivity contribution in [2.45, 2.75) is 6.54 Å². The number of hydrogen-bond donors (Lipinski definition) is 1. The quantitative estimate of drug-likeness (QED) is 0.611. The highest BCUT2D eigenvalue weighted by Crippen LogP contribution is 2.20. The molecule has 2 amide bonds. The van der Waals surface area contributed by atoms with Gasteiger partial charge in [-0.1, -0.05) is 53.5 Å². The Bertz CT molecular complexity index is 1140. The minimum absolute atomic E-state index is 0.156. The molecule has 0 unspecified atom stereocenters. The molecule has 3 aromatic rings. The molecular weight excluding hydrogens is 449 g/mol. The highest BCUT2D eigenvalue weighted by Gasteiger charge is 2.25. The number of piperazine rings is 1. The Morgan fingerprint density at radius 3 is 2.31 bits per heavy atom. The first-order chi connectivity index (χ1) is 15.4. The Kier molecular flexibility index (Phi) is 6.79. The third-order valence-corrected chi connectivity index (χ3v) is 6.17. The molecule has 1 fully saturated rings. The molecule has 0 atom stereocenters. The van der Waals surface area contributed by atoms with Crippen LogP contribution in [0.3, 0.4) is 0 Å². The van der Waals surface area contributed by atoms with Crippen LogP contribution in [-0.4, -0.2) is 57.6 Å². The number of nitrogens with zero attached hydrogens (tertiary/aromatic N) is 4. The van der Waals surface area contributed by atoms with Crippen LogP contribution in [0.4, 0.5) is 5.82 Å². The van der Waals surface area contributed by atoms with Crippen molar-refractivity contribution in [2.24, 2.45) is 7.05 Å². The van der Waals surface area contributed by atoms with Gasteiger partial charge in [0.25, 0.3) is 11.8 Å². The van der Waals surface area contributed by atoms with E-state index in [1.807, 2.05) is 24.3 Å². The molecule has 7 nitrogen and oxygen atoms in total. The van der Waals surface area contributed by atoms with E-state index >= 15 is 0 Å². The number of rotatable bonds is 5. The third-order valence-electron chi connectivity index (χ3n) is 5.47.